The van der Waals surface area contributed by atoms with E-state index < -0.39 is 47.7 Å². The lowest BCUT2D eigenvalue weighted by Crippen LogP contribution is -2.36. The molecule has 1 fully saturated rings. The lowest BCUT2D eigenvalue weighted by Gasteiger charge is -2.21. The SMILES string of the molecule is Nc1ccn([C@H]2C[C@H](OP(=O)(O)OP(=O)(O)OP(=O)(O)O)[C@@H](NO)O2)c(=O)n1. The summed E-state index contributed by atoms with van der Waals surface area (Å²) < 4.78 is 51.7. The molecule has 17 nitrogen and oxygen atoms in total. The molecule has 8 N–H and O–H groups in total. The van der Waals surface area contributed by atoms with E-state index in [4.69, 9.17) is 30.4 Å². The number of hydroxylamine groups is 1. The summed E-state index contributed by atoms with van der Waals surface area (Å²) >= 11 is 0. The molecule has 0 aromatic carbocycles. The third-order valence-electron chi connectivity index (χ3n) is 3.05. The zero-order valence-electron chi connectivity index (χ0n) is 13.4. The van der Waals surface area contributed by atoms with Crippen LogP contribution in [0.4, 0.5) is 5.82 Å². The second-order valence-electron chi connectivity index (χ2n) is 5.15. The van der Waals surface area contributed by atoms with Crippen LogP contribution in [0.15, 0.2) is 17.1 Å². The summed E-state index contributed by atoms with van der Waals surface area (Å²) in [7, 11) is -16.7. The van der Waals surface area contributed by atoms with Crippen molar-refractivity contribution in [2.75, 3.05) is 5.73 Å². The molecule has 0 saturated carbocycles. The number of anilines is 1. The van der Waals surface area contributed by atoms with Gasteiger partial charge in [0.25, 0.3) is 0 Å². The number of phosphoric acid groups is 3. The largest absolute Gasteiger partial charge is 0.490 e. The molecule has 1 aromatic heterocycles. The number of phosphoric ester groups is 1. The van der Waals surface area contributed by atoms with E-state index in [0.29, 0.717) is 0 Å². The zero-order chi connectivity index (χ0) is 21.3. The molecular weight excluding hydrogens is 453 g/mol. The van der Waals surface area contributed by atoms with Crippen LogP contribution in [0.5, 0.6) is 0 Å². The Morgan fingerprint density at radius 3 is 2.39 bits per heavy atom. The Kier molecular flexibility index (Phi) is 6.95. The van der Waals surface area contributed by atoms with Crippen LogP contribution in [-0.4, -0.2) is 46.7 Å². The van der Waals surface area contributed by atoms with Gasteiger partial charge in [-0.15, -0.1) is 0 Å². The van der Waals surface area contributed by atoms with Gasteiger partial charge in [0.1, 0.15) is 18.1 Å². The third kappa shape index (κ3) is 6.50. The van der Waals surface area contributed by atoms with E-state index in [1.54, 1.807) is 5.48 Å². The Balaban J connectivity index is 2.13. The number of nitrogens with two attached hydrogens (primary N) is 1. The number of rotatable bonds is 8. The quantitative estimate of drug-likeness (QED) is 0.174. The standard InChI is InChI=1S/C8H15N4O13P3/c9-5-1-2-12(8(13)10-5)6-3-4(7(11-14)22-6)23-27(18,19)25-28(20,21)24-26(15,16)17/h1-2,4,6-7,11,14H,3H2,(H,18,19)(H,20,21)(H2,9,10,13)(H2,15,16,17)/t4-,6+,7-/m0/s1. The summed E-state index contributed by atoms with van der Waals surface area (Å²) in [4.78, 5) is 50.9. The van der Waals surface area contributed by atoms with Crippen molar-refractivity contribution in [3.8, 4) is 0 Å². The van der Waals surface area contributed by atoms with Gasteiger partial charge in [0.2, 0.25) is 0 Å². The molecule has 0 radical (unpaired) electrons. The molecule has 0 amide bonds. The molecule has 1 aromatic rings. The molecule has 2 unspecified atom stereocenters. The Labute approximate surface area is 155 Å². The zero-order valence-corrected chi connectivity index (χ0v) is 16.1. The van der Waals surface area contributed by atoms with Crippen LogP contribution in [-0.2, 0) is 31.6 Å². The van der Waals surface area contributed by atoms with Crippen molar-refractivity contribution in [2.24, 2.45) is 0 Å². The topological polar surface area (TPSA) is 262 Å². The van der Waals surface area contributed by atoms with Gasteiger partial charge >= 0.3 is 29.2 Å². The first-order chi connectivity index (χ1) is 12.7. The lowest BCUT2D eigenvalue weighted by molar-refractivity contribution is -0.0941. The van der Waals surface area contributed by atoms with Crippen molar-refractivity contribution in [2.45, 2.75) is 25.0 Å². The maximum absolute atomic E-state index is 11.9. The highest BCUT2D eigenvalue weighted by Gasteiger charge is 2.46. The van der Waals surface area contributed by atoms with Gasteiger partial charge in [0.05, 0.1) is 0 Å². The van der Waals surface area contributed by atoms with Crippen molar-refractivity contribution in [3.63, 3.8) is 0 Å². The number of hydrogen-bond donors (Lipinski definition) is 7. The van der Waals surface area contributed by atoms with E-state index >= 15 is 0 Å². The highest BCUT2D eigenvalue weighted by Crippen LogP contribution is 2.66. The van der Waals surface area contributed by atoms with Crippen molar-refractivity contribution in [1.82, 2.24) is 15.0 Å². The molecule has 20 heteroatoms. The number of nitrogens with zero attached hydrogens (tertiary/aromatic N) is 2. The van der Waals surface area contributed by atoms with Gasteiger partial charge in [0.15, 0.2) is 6.23 Å². The molecule has 0 spiro atoms. The van der Waals surface area contributed by atoms with Gasteiger partial charge in [-0.25, -0.2) is 18.5 Å². The molecule has 1 aliphatic rings. The maximum Gasteiger partial charge on any atom is 0.490 e. The molecule has 0 aliphatic carbocycles. The van der Waals surface area contributed by atoms with E-state index in [2.05, 4.69) is 18.1 Å². The minimum atomic E-state index is -5.71. The summed E-state index contributed by atoms with van der Waals surface area (Å²) in [6, 6.07) is 1.25. The smallest absolute Gasteiger partial charge is 0.383 e. The lowest BCUT2D eigenvalue weighted by atomic mass is 10.2. The molecule has 2 rings (SSSR count). The predicted octanol–water partition coefficient (Wildman–Crippen LogP) is -1.24. The number of ether oxygens (including phenoxy) is 1. The van der Waals surface area contributed by atoms with E-state index in [-0.39, 0.29) is 12.2 Å². The Morgan fingerprint density at radius 2 is 1.86 bits per heavy atom. The molecular formula is C8H15N4O13P3. The van der Waals surface area contributed by atoms with Crippen LogP contribution in [0.2, 0.25) is 0 Å². The first kappa shape index (κ1) is 23.3. The van der Waals surface area contributed by atoms with Crippen LogP contribution in [0.25, 0.3) is 0 Å². The van der Waals surface area contributed by atoms with Gasteiger partial charge in [0, 0.05) is 12.6 Å². The maximum atomic E-state index is 11.9. The molecule has 160 valence electrons. The van der Waals surface area contributed by atoms with Crippen LogP contribution in [0.3, 0.4) is 0 Å². The predicted molar refractivity (Wildman–Crippen MR) is 85.1 cm³/mol. The number of nitrogens with one attached hydrogen (secondary N) is 1. The summed E-state index contributed by atoms with van der Waals surface area (Å²) in [5, 5.41) is 9.07. The summed E-state index contributed by atoms with van der Waals surface area (Å²) in [6.45, 7) is 0. The highest BCUT2D eigenvalue weighted by molar-refractivity contribution is 7.66. The molecule has 5 atom stereocenters. The fourth-order valence-electron chi connectivity index (χ4n) is 2.14. The van der Waals surface area contributed by atoms with E-state index in [0.717, 1.165) is 4.57 Å². The summed E-state index contributed by atoms with van der Waals surface area (Å²) in [5.74, 6) is -0.0825. The van der Waals surface area contributed by atoms with Crippen LogP contribution < -0.4 is 16.9 Å². The molecule has 1 aliphatic heterocycles. The van der Waals surface area contributed by atoms with Crippen LogP contribution in [0, 0.1) is 0 Å². The number of aromatic nitrogens is 2. The van der Waals surface area contributed by atoms with Crippen LogP contribution >= 0.6 is 23.5 Å². The third-order valence-corrected chi connectivity index (χ3v) is 6.91. The summed E-state index contributed by atoms with van der Waals surface area (Å²) in [5.41, 5.74) is 6.09. The Bertz CT molecular complexity index is 915. The van der Waals surface area contributed by atoms with E-state index in [1.807, 2.05) is 0 Å². The first-order valence-electron chi connectivity index (χ1n) is 6.93. The average Bonchev–Trinajstić information content (AvgIpc) is 2.84. The Hall–Kier alpha value is -1.03. The van der Waals surface area contributed by atoms with Crippen molar-refractivity contribution in [3.05, 3.63) is 22.7 Å². The minimum Gasteiger partial charge on any atom is -0.383 e. The fraction of sp³-hybridized carbons (Fsp3) is 0.500. The van der Waals surface area contributed by atoms with Gasteiger partial charge in [-0.3, -0.25) is 9.09 Å². The van der Waals surface area contributed by atoms with Crippen molar-refractivity contribution < 1.29 is 56.4 Å². The highest BCUT2D eigenvalue weighted by atomic mass is 31.3. The van der Waals surface area contributed by atoms with Crippen molar-refractivity contribution in [1.29, 1.82) is 0 Å². The van der Waals surface area contributed by atoms with E-state index in [9.17, 15) is 23.4 Å². The number of hydrogen-bond acceptors (Lipinski definition) is 12. The Morgan fingerprint density at radius 1 is 1.21 bits per heavy atom. The van der Waals surface area contributed by atoms with Gasteiger partial charge < -0.3 is 35.3 Å². The second kappa shape index (κ2) is 8.38. The van der Waals surface area contributed by atoms with Gasteiger partial charge in [-0.05, 0) is 6.07 Å². The first-order valence-corrected chi connectivity index (χ1v) is 11.5. The van der Waals surface area contributed by atoms with Gasteiger partial charge in [-0.2, -0.15) is 19.1 Å². The second-order valence-corrected chi connectivity index (χ2v) is 9.53. The molecule has 1 saturated heterocycles. The average molecular weight is 468 g/mol. The number of nitrogen functional groups attached to an aromatic ring is 1. The summed E-state index contributed by atoms with van der Waals surface area (Å²) in [6.07, 6.45) is -3.39. The molecule has 28 heavy (non-hydrogen) atoms. The van der Waals surface area contributed by atoms with Gasteiger partial charge in [-0.1, -0.05) is 0 Å². The minimum absolute atomic E-state index is 0.0825. The van der Waals surface area contributed by atoms with E-state index in [1.165, 1.54) is 12.3 Å². The van der Waals surface area contributed by atoms with Crippen molar-refractivity contribution >= 4 is 29.3 Å². The van der Waals surface area contributed by atoms with Crippen LogP contribution in [0.1, 0.15) is 12.6 Å². The monoisotopic (exact) mass is 468 g/mol. The fourth-order valence-corrected chi connectivity index (χ4v) is 5.34. The normalized spacial score (nSPS) is 27.2. The molecule has 0 bridgehead atoms. The molecule has 2 heterocycles.